The van der Waals surface area contributed by atoms with Gasteiger partial charge in [0.05, 0.1) is 17.9 Å². The Labute approximate surface area is 176 Å². The van der Waals surface area contributed by atoms with Crippen molar-refractivity contribution in [3.8, 4) is 0 Å². The summed E-state index contributed by atoms with van der Waals surface area (Å²) in [4.78, 5) is 21.8. The molecule has 4 rings (SSSR count). The molecule has 0 radical (unpaired) electrons. The molecule has 0 amide bonds. The zero-order chi connectivity index (χ0) is 21.5. The average molecular weight is 436 g/mol. The van der Waals surface area contributed by atoms with Crippen LogP contribution in [0, 0.1) is 0 Å². The van der Waals surface area contributed by atoms with Gasteiger partial charge in [-0.1, -0.05) is 6.92 Å². The Morgan fingerprint density at radius 2 is 2.00 bits per heavy atom. The molecule has 164 valence electrons. The summed E-state index contributed by atoms with van der Waals surface area (Å²) in [6, 6.07) is 2.97. The third-order valence-electron chi connectivity index (χ3n) is 6.55. The first-order valence-corrected chi connectivity index (χ1v) is 12.4. The first kappa shape index (κ1) is 21.2. The Morgan fingerprint density at radius 3 is 2.67 bits per heavy atom. The molecule has 2 atom stereocenters. The van der Waals surface area contributed by atoms with E-state index in [2.05, 4.69) is 15.3 Å². The highest BCUT2D eigenvalue weighted by atomic mass is 32.2. The van der Waals surface area contributed by atoms with E-state index in [1.165, 1.54) is 16.6 Å². The second-order valence-corrected chi connectivity index (χ2v) is 10.4. The quantitative estimate of drug-likeness (QED) is 0.731. The monoisotopic (exact) mass is 435 g/mol. The van der Waals surface area contributed by atoms with E-state index in [1.807, 2.05) is 6.92 Å². The normalized spacial score (nSPS) is 26.3. The van der Waals surface area contributed by atoms with Gasteiger partial charge in [-0.3, -0.25) is 9.36 Å². The van der Waals surface area contributed by atoms with Crippen molar-refractivity contribution in [1.82, 2.24) is 18.8 Å². The molecule has 2 N–H and O–H groups in total. The Kier molecular flexibility index (Phi) is 5.58. The van der Waals surface area contributed by atoms with Crippen molar-refractivity contribution in [2.45, 2.75) is 63.1 Å². The van der Waals surface area contributed by atoms with Crippen LogP contribution in [0.4, 0.5) is 5.95 Å². The van der Waals surface area contributed by atoms with Gasteiger partial charge in [-0.2, -0.15) is 4.98 Å². The van der Waals surface area contributed by atoms with Gasteiger partial charge in [0.2, 0.25) is 16.0 Å². The van der Waals surface area contributed by atoms with Crippen LogP contribution in [-0.4, -0.2) is 63.4 Å². The number of sulfonamides is 1. The van der Waals surface area contributed by atoms with Gasteiger partial charge >= 0.3 is 0 Å². The van der Waals surface area contributed by atoms with E-state index >= 15 is 0 Å². The minimum atomic E-state index is -3.17. The SMILES string of the molecule is CC[C@]1(O)CCCC1n1c(=O)ccc2cnc(NC3CCN(S(C)(=O)=O)CC3)nc21. The highest BCUT2D eigenvalue weighted by Gasteiger charge is 2.42. The lowest BCUT2D eigenvalue weighted by molar-refractivity contribution is 0.00438. The topological polar surface area (TPSA) is 117 Å². The smallest absolute Gasteiger partial charge is 0.252 e. The molecule has 0 spiro atoms. The number of anilines is 1. The number of pyridine rings is 1. The first-order chi connectivity index (χ1) is 14.2. The van der Waals surface area contributed by atoms with Gasteiger partial charge in [-0.25, -0.2) is 17.7 Å². The first-order valence-electron chi connectivity index (χ1n) is 10.5. The zero-order valence-electron chi connectivity index (χ0n) is 17.4. The summed E-state index contributed by atoms with van der Waals surface area (Å²) in [7, 11) is -3.17. The number of aromatic nitrogens is 3. The van der Waals surface area contributed by atoms with E-state index in [1.54, 1.807) is 16.8 Å². The lowest BCUT2D eigenvalue weighted by atomic mass is 9.94. The van der Waals surface area contributed by atoms with Crippen molar-refractivity contribution < 1.29 is 13.5 Å². The molecule has 0 aromatic carbocycles. The van der Waals surface area contributed by atoms with E-state index in [-0.39, 0.29) is 17.6 Å². The van der Waals surface area contributed by atoms with Crippen LogP contribution >= 0.6 is 0 Å². The Balaban J connectivity index is 1.62. The summed E-state index contributed by atoms with van der Waals surface area (Å²) >= 11 is 0. The summed E-state index contributed by atoms with van der Waals surface area (Å²) in [6.45, 7) is 2.86. The number of rotatable bonds is 5. The van der Waals surface area contributed by atoms with Gasteiger partial charge in [-0.05, 0) is 44.6 Å². The van der Waals surface area contributed by atoms with Crippen LogP contribution in [0.1, 0.15) is 51.5 Å². The van der Waals surface area contributed by atoms with Crippen molar-refractivity contribution in [3.63, 3.8) is 0 Å². The third-order valence-corrected chi connectivity index (χ3v) is 7.86. The van der Waals surface area contributed by atoms with Gasteiger partial charge < -0.3 is 10.4 Å². The maximum absolute atomic E-state index is 12.8. The molecule has 9 nitrogen and oxygen atoms in total. The zero-order valence-corrected chi connectivity index (χ0v) is 18.2. The summed E-state index contributed by atoms with van der Waals surface area (Å²) in [5, 5.41) is 15.1. The molecule has 30 heavy (non-hydrogen) atoms. The van der Waals surface area contributed by atoms with Gasteiger partial charge in [-0.15, -0.1) is 0 Å². The molecule has 2 aliphatic rings. The molecule has 1 aliphatic heterocycles. The van der Waals surface area contributed by atoms with E-state index in [9.17, 15) is 18.3 Å². The minimum Gasteiger partial charge on any atom is -0.388 e. The van der Waals surface area contributed by atoms with Gasteiger partial charge in [0, 0.05) is 36.8 Å². The Hall–Kier alpha value is -2.04. The molecule has 1 saturated heterocycles. The van der Waals surface area contributed by atoms with Crippen LogP contribution in [0.2, 0.25) is 0 Å². The number of nitrogens with zero attached hydrogens (tertiary/aromatic N) is 4. The van der Waals surface area contributed by atoms with Gasteiger partial charge in [0.15, 0.2) is 0 Å². The molecule has 0 bridgehead atoms. The van der Waals surface area contributed by atoms with Gasteiger partial charge in [0.25, 0.3) is 5.56 Å². The summed E-state index contributed by atoms with van der Waals surface area (Å²) in [5.41, 5.74) is -0.561. The Bertz CT molecular complexity index is 1090. The van der Waals surface area contributed by atoms with Crippen molar-refractivity contribution in [3.05, 3.63) is 28.7 Å². The molecule has 2 aromatic rings. The summed E-state index contributed by atoms with van der Waals surface area (Å²) < 4.78 is 26.5. The standard InChI is InChI=1S/C20H29N5O4S/c1-3-20(27)10-4-5-16(20)25-17(26)7-6-14-13-21-19(23-18(14)25)22-15-8-11-24(12-9-15)30(2,28)29/h6-7,13,15-16,27H,3-5,8-12H2,1-2H3,(H,21,22,23)/t16?,20-/m0/s1. The van der Waals surface area contributed by atoms with Crippen LogP contribution in [0.15, 0.2) is 23.1 Å². The molecular formula is C20H29N5O4S. The fraction of sp³-hybridized carbons (Fsp3) is 0.650. The average Bonchev–Trinajstić information content (AvgIpc) is 3.09. The highest BCUT2D eigenvalue weighted by molar-refractivity contribution is 7.88. The molecule has 1 unspecified atom stereocenters. The maximum Gasteiger partial charge on any atom is 0.252 e. The van der Waals surface area contributed by atoms with Crippen molar-refractivity contribution in [2.75, 3.05) is 24.7 Å². The Morgan fingerprint density at radius 1 is 1.27 bits per heavy atom. The minimum absolute atomic E-state index is 0.0587. The second-order valence-electron chi connectivity index (χ2n) is 8.46. The van der Waals surface area contributed by atoms with Crippen molar-refractivity contribution in [2.24, 2.45) is 0 Å². The summed E-state index contributed by atoms with van der Waals surface area (Å²) in [6.07, 6.45) is 7.09. The van der Waals surface area contributed by atoms with Crippen LogP contribution in [0.25, 0.3) is 11.0 Å². The molecule has 3 heterocycles. The van der Waals surface area contributed by atoms with Gasteiger partial charge in [0.1, 0.15) is 5.65 Å². The summed E-state index contributed by atoms with van der Waals surface area (Å²) in [5.74, 6) is 0.415. The van der Waals surface area contributed by atoms with Crippen molar-refractivity contribution in [1.29, 1.82) is 0 Å². The molecular weight excluding hydrogens is 406 g/mol. The predicted molar refractivity (Wildman–Crippen MR) is 115 cm³/mol. The number of fused-ring (bicyclic) bond motifs is 1. The number of hydrogen-bond donors (Lipinski definition) is 2. The fourth-order valence-electron chi connectivity index (χ4n) is 4.74. The van der Waals surface area contributed by atoms with E-state index < -0.39 is 15.6 Å². The van der Waals surface area contributed by atoms with E-state index in [0.717, 1.165) is 18.2 Å². The molecule has 10 heteroatoms. The van der Waals surface area contributed by atoms with E-state index in [0.29, 0.717) is 50.4 Å². The highest BCUT2D eigenvalue weighted by Crippen LogP contribution is 2.41. The largest absolute Gasteiger partial charge is 0.388 e. The number of nitrogens with one attached hydrogen (secondary N) is 1. The lowest BCUT2D eigenvalue weighted by Crippen LogP contribution is -2.42. The predicted octanol–water partition coefficient (Wildman–Crippen LogP) is 1.49. The van der Waals surface area contributed by atoms with Crippen LogP contribution in [0.3, 0.4) is 0 Å². The van der Waals surface area contributed by atoms with Crippen LogP contribution < -0.4 is 10.9 Å². The third kappa shape index (κ3) is 3.95. The second kappa shape index (κ2) is 7.90. The molecule has 2 aromatic heterocycles. The molecule has 1 saturated carbocycles. The fourth-order valence-corrected chi connectivity index (χ4v) is 5.62. The van der Waals surface area contributed by atoms with Crippen LogP contribution in [-0.2, 0) is 10.0 Å². The number of aliphatic hydroxyl groups is 1. The number of hydrogen-bond acceptors (Lipinski definition) is 7. The van der Waals surface area contributed by atoms with Crippen LogP contribution in [0.5, 0.6) is 0 Å². The maximum atomic E-state index is 12.8. The number of piperidine rings is 1. The van der Waals surface area contributed by atoms with Crippen molar-refractivity contribution >= 4 is 27.0 Å². The lowest BCUT2D eigenvalue weighted by Gasteiger charge is -2.31. The molecule has 2 fully saturated rings. The van der Waals surface area contributed by atoms with E-state index in [4.69, 9.17) is 0 Å². The molecule has 1 aliphatic carbocycles.